The van der Waals surface area contributed by atoms with Crippen LogP contribution in [0.4, 0.5) is 14.6 Å². The smallest absolute Gasteiger partial charge is 0.142 e. The monoisotopic (exact) mass is 273 g/mol. The van der Waals surface area contributed by atoms with Crippen molar-refractivity contribution in [3.8, 4) is 17.2 Å². The van der Waals surface area contributed by atoms with Crippen molar-refractivity contribution in [3.63, 3.8) is 0 Å². The van der Waals surface area contributed by atoms with Crippen molar-refractivity contribution < 1.29 is 8.78 Å². The van der Waals surface area contributed by atoms with Crippen molar-refractivity contribution >= 4 is 5.82 Å². The summed E-state index contributed by atoms with van der Waals surface area (Å²) in [4.78, 5) is 4.09. The molecule has 0 unspecified atom stereocenters. The molecule has 5 heteroatoms. The Morgan fingerprint density at radius 3 is 2.65 bits per heavy atom. The van der Waals surface area contributed by atoms with E-state index >= 15 is 0 Å². The average Bonchev–Trinajstić information content (AvgIpc) is 2.41. The van der Waals surface area contributed by atoms with Crippen molar-refractivity contribution in [3.05, 3.63) is 46.7 Å². The van der Waals surface area contributed by atoms with Gasteiger partial charge >= 0.3 is 0 Å². The topological polar surface area (TPSA) is 62.7 Å². The first-order chi connectivity index (χ1) is 9.49. The Hall–Kier alpha value is -2.48. The Kier molecular flexibility index (Phi) is 3.66. The first kappa shape index (κ1) is 13.9. The van der Waals surface area contributed by atoms with Crippen LogP contribution in [-0.2, 0) is 6.42 Å². The molecule has 2 aromatic rings. The number of pyridine rings is 1. The average molecular weight is 273 g/mol. The molecule has 0 aliphatic rings. The molecule has 0 saturated carbocycles. The molecule has 0 amide bonds. The second-order valence-corrected chi connectivity index (χ2v) is 4.40. The van der Waals surface area contributed by atoms with Crippen molar-refractivity contribution in [2.75, 3.05) is 5.73 Å². The molecule has 0 saturated heterocycles. The maximum atomic E-state index is 14.0. The summed E-state index contributed by atoms with van der Waals surface area (Å²) in [5.74, 6) is -1.14. The number of nitriles is 1. The van der Waals surface area contributed by atoms with Gasteiger partial charge in [-0.3, -0.25) is 0 Å². The highest BCUT2D eigenvalue weighted by atomic mass is 19.1. The van der Waals surface area contributed by atoms with E-state index in [9.17, 15) is 14.0 Å². The SMILES string of the molecule is CCc1c(C)nc(N)c(C#N)c1-c1cc(F)ccc1F. The summed E-state index contributed by atoms with van der Waals surface area (Å²) in [5.41, 5.74) is 7.49. The van der Waals surface area contributed by atoms with Gasteiger partial charge in [-0.15, -0.1) is 0 Å². The Balaban J connectivity index is 2.91. The number of halogens is 2. The number of aromatic nitrogens is 1. The highest BCUT2D eigenvalue weighted by Crippen LogP contribution is 2.34. The normalized spacial score (nSPS) is 10.3. The number of rotatable bonds is 2. The van der Waals surface area contributed by atoms with Crippen molar-refractivity contribution in [2.24, 2.45) is 0 Å². The fraction of sp³-hybridized carbons (Fsp3) is 0.200. The van der Waals surface area contributed by atoms with Crippen LogP contribution in [0, 0.1) is 29.9 Å². The van der Waals surface area contributed by atoms with E-state index in [1.54, 1.807) is 6.92 Å². The minimum absolute atomic E-state index is 0.0286. The maximum Gasteiger partial charge on any atom is 0.142 e. The Morgan fingerprint density at radius 2 is 2.05 bits per heavy atom. The number of nitrogens with zero attached hydrogens (tertiary/aromatic N) is 2. The molecule has 1 heterocycles. The fourth-order valence-electron chi connectivity index (χ4n) is 2.30. The Morgan fingerprint density at radius 1 is 1.35 bits per heavy atom. The van der Waals surface area contributed by atoms with Crippen LogP contribution in [0.25, 0.3) is 11.1 Å². The zero-order valence-electron chi connectivity index (χ0n) is 11.2. The van der Waals surface area contributed by atoms with Gasteiger partial charge in [-0.25, -0.2) is 13.8 Å². The van der Waals surface area contributed by atoms with Gasteiger partial charge < -0.3 is 5.73 Å². The lowest BCUT2D eigenvalue weighted by Gasteiger charge is -2.15. The zero-order chi connectivity index (χ0) is 14.9. The molecular formula is C15H13F2N3. The summed E-state index contributed by atoms with van der Waals surface area (Å²) < 4.78 is 27.4. The van der Waals surface area contributed by atoms with Gasteiger partial charge in [-0.05, 0) is 37.1 Å². The fourth-order valence-corrected chi connectivity index (χ4v) is 2.30. The van der Waals surface area contributed by atoms with Crippen molar-refractivity contribution in [1.82, 2.24) is 4.98 Å². The summed E-state index contributed by atoms with van der Waals surface area (Å²) in [7, 11) is 0. The summed E-state index contributed by atoms with van der Waals surface area (Å²) in [6.45, 7) is 3.60. The first-order valence-corrected chi connectivity index (χ1v) is 6.14. The highest BCUT2D eigenvalue weighted by molar-refractivity contribution is 5.79. The van der Waals surface area contributed by atoms with Crippen LogP contribution in [0.15, 0.2) is 18.2 Å². The molecule has 3 nitrogen and oxygen atoms in total. The first-order valence-electron chi connectivity index (χ1n) is 6.14. The third-order valence-electron chi connectivity index (χ3n) is 3.20. The van der Waals surface area contributed by atoms with Crippen molar-refractivity contribution in [2.45, 2.75) is 20.3 Å². The van der Waals surface area contributed by atoms with Crippen LogP contribution in [0.3, 0.4) is 0 Å². The lowest BCUT2D eigenvalue weighted by atomic mass is 9.92. The third-order valence-corrected chi connectivity index (χ3v) is 3.20. The Labute approximate surface area is 115 Å². The lowest BCUT2D eigenvalue weighted by molar-refractivity contribution is 0.603. The van der Waals surface area contributed by atoms with Crippen LogP contribution in [0.2, 0.25) is 0 Å². The van der Waals surface area contributed by atoms with Crippen LogP contribution >= 0.6 is 0 Å². The molecule has 0 fully saturated rings. The number of benzene rings is 1. The van der Waals surface area contributed by atoms with Gasteiger partial charge in [0.25, 0.3) is 0 Å². The van der Waals surface area contributed by atoms with Crippen LogP contribution in [-0.4, -0.2) is 4.98 Å². The van der Waals surface area contributed by atoms with Gasteiger partial charge in [0.1, 0.15) is 29.1 Å². The highest BCUT2D eigenvalue weighted by Gasteiger charge is 2.20. The van der Waals surface area contributed by atoms with Gasteiger partial charge in [-0.2, -0.15) is 5.26 Å². The quantitative estimate of drug-likeness (QED) is 0.912. The maximum absolute atomic E-state index is 14.0. The number of aryl methyl sites for hydroxylation is 1. The zero-order valence-corrected chi connectivity index (χ0v) is 11.2. The van der Waals surface area contributed by atoms with Gasteiger partial charge in [-0.1, -0.05) is 6.92 Å². The molecule has 0 aliphatic heterocycles. The van der Waals surface area contributed by atoms with E-state index in [1.807, 2.05) is 13.0 Å². The van der Waals surface area contributed by atoms with E-state index in [0.29, 0.717) is 23.2 Å². The molecule has 0 aliphatic carbocycles. The molecule has 0 spiro atoms. The van der Waals surface area contributed by atoms with Gasteiger partial charge in [0.2, 0.25) is 0 Å². The van der Waals surface area contributed by atoms with Crippen LogP contribution in [0.5, 0.6) is 0 Å². The Bertz CT molecular complexity index is 718. The summed E-state index contributed by atoms with van der Waals surface area (Å²) in [6, 6.07) is 5.08. The number of hydrogen-bond acceptors (Lipinski definition) is 3. The molecule has 2 N–H and O–H groups in total. The molecule has 0 bridgehead atoms. The standard InChI is InChI=1S/C15H13F2N3/c1-3-10-8(2)20-15(19)12(7-18)14(10)11-6-9(16)4-5-13(11)17/h4-6H,3H2,1-2H3,(H2,19,20). The predicted octanol–water partition coefficient (Wildman–Crippen LogP) is 3.35. The summed E-state index contributed by atoms with van der Waals surface area (Å²) in [5, 5.41) is 9.25. The number of anilines is 1. The second-order valence-electron chi connectivity index (χ2n) is 4.40. The summed E-state index contributed by atoms with van der Waals surface area (Å²) in [6.07, 6.45) is 0.541. The van der Waals surface area contributed by atoms with Gasteiger partial charge in [0.15, 0.2) is 0 Å². The molecule has 0 atom stereocenters. The van der Waals surface area contributed by atoms with E-state index in [-0.39, 0.29) is 16.9 Å². The van der Waals surface area contributed by atoms with Crippen LogP contribution in [0.1, 0.15) is 23.7 Å². The molecule has 20 heavy (non-hydrogen) atoms. The second kappa shape index (κ2) is 5.25. The van der Waals surface area contributed by atoms with Crippen molar-refractivity contribution in [1.29, 1.82) is 5.26 Å². The largest absolute Gasteiger partial charge is 0.383 e. The van der Waals surface area contributed by atoms with E-state index in [2.05, 4.69) is 4.98 Å². The van der Waals surface area contributed by atoms with Crippen LogP contribution < -0.4 is 5.73 Å². The summed E-state index contributed by atoms with van der Waals surface area (Å²) >= 11 is 0. The molecule has 102 valence electrons. The predicted molar refractivity (Wildman–Crippen MR) is 72.8 cm³/mol. The molecule has 0 radical (unpaired) electrons. The minimum Gasteiger partial charge on any atom is -0.383 e. The van der Waals surface area contributed by atoms with E-state index < -0.39 is 11.6 Å². The lowest BCUT2D eigenvalue weighted by Crippen LogP contribution is -2.06. The van der Waals surface area contributed by atoms with E-state index in [1.165, 1.54) is 0 Å². The molecular weight excluding hydrogens is 260 g/mol. The third kappa shape index (κ3) is 2.21. The number of nitrogens with two attached hydrogens (primary N) is 1. The molecule has 1 aromatic heterocycles. The number of nitrogen functional groups attached to an aromatic ring is 1. The molecule has 2 rings (SSSR count). The number of hydrogen-bond donors (Lipinski definition) is 1. The van der Waals surface area contributed by atoms with Gasteiger partial charge in [0, 0.05) is 16.8 Å². The van der Waals surface area contributed by atoms with Gasteiger partial charge in [0.05, 0.1) is 0 Å². The van der Waals surface area contributed by atoms with E-state index in [0.717, 1.165) is 18.2 Å². The van der Waals surface area contributed by atoms with E-state index in [4.69, 9.17) is 5.73 Å². The molecule has 1 aromatic carbocycles. The minimum atomic E-state index is -0.595.